The van der Waals surface area contributed by atoms with Crippen molar-refractivity contribution in [3.05, 3.63) is 97.2 Å². The zero-order chi connectivity index (χ0) is 72.2. The highest BCUT2D eigenvalue weighted by Crippen LogP contribution is 2.43. The van der Waals surface area contributed by atoms with E-state index in [-0.39, 0.29) is 38.6 Å². The number of hydrogen-bond acceptors (Lipinski definition) is 8. The Hall–Kier alpha value is -3.07. The van der Waals surface area contributed by atoms with Gasteiger partial charge < -0.3 is 20.1 Å². The van der Waals surface area contributed by atoms with Crippen molar-refractivity contribution < 1.29 is 37.6 Å². The van der Waals surface area contributed by atoms with Crippen molar-refractivity contribution in [2.45, 2.75) is 437 Å². The summed E-state index contributed by atoms with van der Waals surface area (Å²) >= 11 is 0. The van der Waals surface area contributed by atoms with Gasteiger partial charge in [0, 0.05) is 19.4 Å². The fourth-order valence-electron chi connectivity index (χ4n) is 12.9. The van der Waals surface area contributed by atoms with Crippen LogP contribution in [0.15, 0.2) is 97.2 Å². The van der Waals surface area contributed by atoms with Gasteiger partial charge in [-0.25, -0.2) is 4.57 Å². The number of esters is 2. The van der Waals surface area contributed by atoms with Gasteiger partial charge in [0.25, 0.3) is 0 Å². The van der Waals surface area contributed by atoms with Crippen molar-refractivity contribution in [2.24, 2.45) is 5.73 Å². The molecule has 0 heterocycles. The Balaban J connectivity index is 3.76. The zero-order valence-electron chi connectivity index (χ0n) is 65.9. The van der Waals surface area contributed by atoms with E-state index < -0.39 is 26.5 Å². The van der Waals surface area contributed by atoms with Gasteiger partial charge in [-0.15, -0.1) is 0 Å². The lowest BCUT2D eigenvalue weighted by atomic mass is 10.0. The number of ether oxygens (including phenoxy) is 2. The Morgan fingerprint density at radius 3 is 0.820 bits per heavy atom. The summed E-state index contributed by atoms with van der Waals surface area (Å²) in [4.78, 5) is 35.5. The standard InChI is InChI=1S/C90H164NO8P/c1-3-5-7-9-11-13-15-17-19-21-23-25-27-29-31-33-35-37-39-41-43-45-46-48-50-52-54-56-58-60-62-64-66-68-70-72-74-76-78-80-82-89(92)96-86-88(87-98-100(94,95)97-85-84-91)99-90(93)83-81-79-77-75-73-71-69-67-65-63-61-59-57-55-53-51-49-47-44-42-40-38-36-34-32-30-28-26-24-22-20-18-16-14-12-10-8-6-4-2/h6,8,12,14,18,20,24,26,30,32,36,38,42,44,49,51,88H,3-5,7,9-11,13,15-17,19,21-23,25,27-29,31,33-35,37,39-41,43,45-48,50,52-87,91H2,1-2H3,(H,94,95)/b8-6-,14-12-,20-18-,26-24-,32-30-,38-36-,44-42-,51-49-. The van der Waals surface area contributed by atoms with Gasteiger partial charge in [-0.05, 0) is 77.0 Å². The highest BCUT2D eigenvalue weighted by atomic mass is 31.2. The van der Waals surface area contributed by atoms with Crippen LogP contribution in [0.5, 0.6) is 0 Å². The van der Waals surface area contributed by atoms with E-state index in [1.165, 1.54) is 308 Å². The molecule has 10 heteroatoms. The van der Waals surface area contributed by atoms with Gasteiger partial charge in [-0.1, -0.05) is 439 Å². The van der Waals surface area contributed by atoms with Crippen molar-refractivity contribution in [3.8, 4) is 0 Å². The summed E-state index contributed by atoms with van der Waals surface area (Å²) in [6.45, 7) is 3.70. The Morgan fingerprint density at radius 1 is 0.310 bits per heavy atom. The predicted octanol–water partition coefficient (Wildman–Crippen LogP) is 29.4. The van der Waals surface area contributed by atoms with Gasteiger partial charge in [0.2, 0.25) is 0 Å². The number of nitrogens with two attached hydrogens (primary N) is 1. The van der Waals surface area contributed by atoms with Crippen LogP contribution in [-0.4, -0.2) is 49.3 Å². The third-order valence-corrected chi connectivity index (χ3v) is 20.2. The molecular formula is C90H164NO8P. The topological polar surface area (TPSA) is 134 Å². The summed E-state index contributed by atoms with van der Waals surface area (Å²) in [6.07, 6.45) is 117. The van der Waals surface area contributed by atoms with Gasteiger partial charge in [-0.3, -0.25) is 18.6 Å². The summed E-state index contributed by atoms with van der Waals surface area (Å²) < 4.78 is 33.3. The number of rotatable bonds is 82. The van der Waals surface area contributed by atoms with E-state index in [1.807, 2.05) is 0 Å². The molecule has 0 aromatic rings. The fraction of sp³-hybridized carbons (Fsp3) is 0.800. The molecule has 0 amide bonds. The third kappa shape index (κ3) is 83.9. The second kappa shape index (κ2) is 84.9. The first-order valence-corrected chi connectivity index (χ1v) is 44.7. The Kier molecular flexibility index (Phi) is 82.3. The predicted molar refractivity (Wildman–Crippen MR) is 436 cm³/mol. The molecule has 0 aliphatic rings. The van der Waals surface area contributed by atoms with Crippen LogP contribution in [0.4, 0.5) is 0 Å². The van der Waals surface area contributed by atoms with Crippen molar-refractivity contribution in [2.75, 3.05) is 26.4 Å². The normalized spacial score (nSPS) is 13.3. The summed E-state index contributed by atoms with van der Waals surface area (Å²) in [5.74, 6) is -0.811. The molecule has 0 aromatic heterocycles. The number of carbonyl (C=O) groups excluding carboxylic acids is 2. The van der Waals surface area contributed by atoms with E-state index in [1.54, 1.807) is 0 Å². The smallest absolute Gasteiger partial charge is 0.462 e. The molecule has 3 N–H and O–H groups in total. The van der Waals surface area contributed by atoms with Crippen molar-refractivity contribution in [1.29, 1.82) is 0 Å². The van der Waals surface area contributed by atoms with Gasteiger partial charge in [0.1, 0.15) is 6.61 Å². The maximum absolute atomic E-state index is 12.8. The first kappa shape index (κ1) is 96.9. The van der Waals surface area contributed by atoms with Crippen LogP contribution in [0, 0.1) is 0 Å². The van der Waals surface area contributed by atoms with E-state index in [0.717, 1.165) is 89.9 Å². The highest BCUT2D eigenvalue weighted by molar-refractivity contribution is 7.47. The highest BCUT2D eigenvalue weighted by Gasteiger charge is 2.26. The van der Waals surface area contributed by atoms with E-state index in [0.29, 0.717) is 6.42 Å². The molecular weight excluding hydrogens is 1250 g/mol. The Labute approximate surface area is 620 Å². The minimum absolute atomic E-state index is 0.0526. The molecule has 0 saturated carbocycles. The van der Waals surface area contributed by atoms with Crippen molar-refractivity contribution in [3.63, 3.8) is 0 Å². The van der Waals surface area contributed by atoms with Crippen LogP contribution in [-0.2, 0) is 32.7 Å². The van der Waals surface area contributed by atoms with E-state index in [4.69, 9.17) is 24.3 Å². The summed E-state index contributed by atoms with van der Waals surface area (Å²) in [5.41, 5.74) is 5.42. The van der Waals surface area contributed by atoms with Gasteiger partial charge in [-0.2, -0.15) is 0 Å². The molecule has 2 atom stereocenters. The minimum Gasteiger partial charge on any atom is -0.462 e. The van der Waals surface area contributed by atoms with Crippen molar-refractivity contribution in [1.82, 2.24) is 0 Å². The second-order valence-corrected chi connectivity index (χ2v) is 30.5. The molecule has 0 radical (unpaired) electrons. The lowest BCUT2D eigenvalue weighted by Crippen LogP contribution is -2.29. The van der Waals surface area contributed by atoms with E-state index >= 15 is 0 Å². The average Bonchev–Trinajstić information content (AvgIpc) is 1.01. The number of carbonyl (C=O) groups is 2. The summed E-state index contributed by atoms with van der Waals surface area (Å²) in [6, 6.07) is 0. The molecule has 0 rings (SSSR count). The molecule has 0 aliphatic carbocycles. The summed E-state index contributed by atoms with van der Waals surface area (Å²) in [5, 5.41) is 0. The average molecular weight is 1420 g/mol. The molecule has 0 aromatic carbocycles. The first-order chi connectivity index (χ1) is 49.3. The third-order valence-electron chi connectivity index (χ3n) is 19.2. The minimum atomic E-state index is -4.40. The van der Waals surface area contributed by atoms with E-state index in [2.05, 4.69) is 111 Å². The molecule has 0 aliphatic heterocycles. The summed E-state index contributed by atoms with van der Waals surface area (Å²) in [7, 11) is -4.40. The molecule has 100 heavy (non-hydrogen) atoms. The second-order valence-electron chi connectivity index (χ2n) is 29.0. The fourth-order valence-corrected chi connectivity index (χ4v) is 13.7. The number of phosphoric acid groups is 1. The molecule has 0 fully saturated rings. The maximum Gasteiger partial charge on any atom is 0.472 e. The van der Waals surface area contributed by atoms with Crippen LogP contribution in [0.25, 0.3) is 0 Å². The van der Waals surface area contributed by atoms with Gasteiger partial charge in [0.05, 0.1) is 13.2 Å². The molecule has 0 spiro atoms. The number of phosphoric ester groups is 1. The van der Waals surface area contributed by atoms with Gasteiger partial charge >= 0.3 is 19.8 Å². The monoisotopic (exact) mass is 1420 g/mol. The Morgan fingerprint density at radius 2 is 0.550 bits per heavy atom. The first-order valence-electron chi connectivity index (χ1n) is 43.2. The van der Waals surface area contributed by atoms with Crippen LogP contribution < -0.4 is 5.73 Å². The van der Waals surface area contributed by atoms with Crippen LogP contribution in [0.2, 0.25) is 0 Å². The Bertz CT molecular complexity index is 1970. The van der Waals surface area contributed by atoms with Crippen molar-refractivity contribution >= 4 is 19.8 Å². The molecule has 9 nitrogen and oxygen atoms in total. The van der Waals surface area contributed by atoms with Crippen LogP contribution >= 0.6 is 7.82 Å². The zero-order valence-corrected chi connectivity index (χ0v) is 66.8. The van der Waals surface area contributed by atoms with Gasteiger partial charge in [0.15, 0.2) is 6.10 Å². The SMILES string of the molecule is CC/C=C\C/C=C\C/C=C\C/C=C\C/C=C\C/C=C\C/C=C\C/C=C\CCCCCCCCCCCCCCCCC(=O)OC(COC(=O)CCCCCCCCCCCCCCCCCCCCCCCCCCCCCCCCCCCCCCCCCC)COP(=O)(O)OCCN. The lowest BCUT2D eigenvalue weighted by Gasteiger charge is -2.19. The van der Waals surface area contributed by atoms with E-state index in [9.17, 15) is 19.0 Å². The lowest BCUT2D eigenvalue weighted by molar-refractivity contribution is -0.161. The van der Waals surface area contributed by atoms with Crippen LogP contribution in [0.1, 0.15) is 431 Å². The maximum atomic E-state index is 12.8. The largest absolute Gasteiger partial charge is 0.472 e. The number of hydrogen-bond donors (Lipinski definition) is 2. The molecule has 0 bridgehead atoms. The molecule has 0 saturated heterocycles. The number of allylic oxidation sites excluding steroid dienone is 16. The molecule has 2 unspecified atom stereocenters. The van der Waals surface area contributed by atoms with Crippen LogP contribution in [0.3, 0.4) is 0 Å². The number of unbranched alkanes of at least 4 members (excludes halogenated alkanes) is 53. The quantitative estimate of drug-likeness (QED) is 0.0264. The molecule has 582 valence electrons.